The summed E-state index contributed by atoms with van der Waals surface area (Å²) in [7, 11) is 0. The van der Waals surface area contributed by atoms with Crippen molar-refractivity contribution in [3.63, 3.8) is 0 Å². The zero-order valence-corrected chi connectivity index (χ0v) is 10.5. The van der Waals surface area contributed by atoms with Crippen LogP contribution in [-0.2, 0) is 4.79 Å². The molecule has 0 aromatic carbocycles. The molecule has 3 atom stereocenters. The fourth-order valence-corrected chi connectivity index (χ4v) is 3.46. The highest BCUT2D eigenvalue weighted by molar-refractivity contribution is 5.79. The Morgan fingerprint density at radius 2 is 2.06 bits per heavy atom. The van der Waals surface area contributed by atoms with Crippen molar-refractivity contribution >= 4 is 5.91 Å². The van der Waals surface area contributed by atoms with Crippen LogP contribution in [0.4, 0.5) is 0 Å². The zero-order valence-electron chi connectivity index (χ0n) is 10.5. The number of carbonyl (C=O) groups excluding carboxylic acids is 1. The zero-order chi connectivity index (χ0) is 11.4. The minimum absolute atomic E-state index is 0.351. The fourth-order valence-electron chi connectivity index (χ4n) is 3.46. The minimum atomic E-state index is 0.351. The van der Waals surface area contributed by atoms with E-state index < -0.39 is 0 Å². The Balaban J connectivity index is 1.61. The molecule has 2 nitrogen and oxygen atoms in total. The predicted octanol–water partition coefficient (Wildman–Crippen LogP) is 3.12. The first-order chi connectivity index (χ1) is 7.81. The SMILES string of the molecule is CCCCCCNC(=O)C1CC2CCC1C2. The summed E-state index contributed by atoms with van der Waals surface area (Å²) in [6.07, 6.45) is 10.2. The van der Waals surface area contributed by atoms with Gasteiger partial charge >= 0.3 is 0 Å². The number of fused-ring (bicyclic) bond motifs is 2. The Morgan fingerprint density at radius 3 is 2.69 bits per heavy atom. The van der Waals surface area contributed by atoms with Gasteiger partial charge in [-0.1, -0.05) is 32.6 Å². The smallest absolute Gasteiger partial charge is 0.223 e. The molecule has 92 valence electrons. The van der Waals surface area contributed by atoms with Crippen LogP contribution in [-0.4, -0.2) is 12.5 Å². The van der Waals surface area contributed by atoms with E-state index in [1.807, 2.05) is 0 Å². The van der Waals surface area contributed by atoms with E-state index in [0.717, 1.165) is 24.8 Å². The van der Waals surface area contributed by atoms with Gasteiger partial charge in [0.25, 0.3) is 0 Å². The molecule has 2 aliphatic carbocycles. The molecule has 1 amide bonds. The van der Waals surface area contributed by atoms with Crippen molar-refractivity contribution in [2.24, 2.45) is 17.8 Å². The maximum Gasteiger partial charge on any atom is 0.223 e. The van der Waals surface area contributed by atoms with Crippen LogP contribution in [0, 0.1) is 17.8 Å². The lowest BCUT2D eigenvalue weighted by Gasteiger charge is -2.20. The maximum absolute atomic E-state index is 12.0. The van der Waals surface area contributed by atoms with E-state index in [1.54, 1.807) is 0 Å². The third-order valence-electron chi connectivity index (χ3n) is 4.40. The highest BCUT2D eigenvalue weighted by Gasteiger charge is 2.42. The normalized spacial score (nSPS) is 31.9. The van der Waals surface area contributed by atoms with Crippen LogP contribution in [0.1, 0.15) is 58.3 Å². The van der Waals surface area contributed by atoms with Gasteiger partial charge in [0.05, 0.1) is 0 Å². The molecule has 0 aromatic rings. The first kappa shape index (κ1) is 11.9. The molecule has 2 rings (SSSR count). The van der Waals surface area contributed by atoms with E-state index in [4.69, 9.17) is 0 Å². The van der Waals surface area contributed by atoms with Crippen LogP contribution >= 0.6 is 0 Å². The van der Waals surface area contributed by atoms with Crippen LogP contribution in [0.25, 0.3) is 0 Å². The van der Waals surface area contributed by atoms with Crippen molar-refractivity contribution in [1.29, 1.82) is 0 Å². The lowest BCUT2D eigenvalue weighted by Crippen LogP contribution is -2.34. The molecule has 0 aromatic heterocycles. The van der Waals surface area contributed by atoms with E-state index in [-0.39, 0.29) is 0 Å². The first-order valence-electron chi connectivity index (χ1n) is 7.09. The van der Waals surface area contributed by atoms with Gasteiger partial charge in [0.2, 0.25) is 5.91 Å². The van der Waals surface area contributed by atoms with Gasteiger partial charge in [-0.3, -0.25) is 4.79 Å². The Labute approximate surface area is 99.2 Å². The summed E-state index contributed by atoms with van der Waals surface area (Å²) in [5, 5.41) is 3.13. The van der Waals surface area contributed by atoms with Gasteiger partial charge in [0, 0.05) is 12.5 Å². The number of amides is 1. The molecule has 0 saturated heterocycles. The van der Waals surface area contributed by atoms with Crippen molar-refractivity contribution in [2.45, 2.75) is 58.3 Å². The second-order valence-corrected chi connectivity index (χ2v) is 5.63. The summed E-state index contributed by atoms with van der Waals surface area (Å²) in [6.45, 7) is 3.11. The second kappa shape index (κ2) is 5.70. The minimum Gasteiger partial charge on any atom is -0.356 e. The molecule has 2 heteroatoms. The van der Waals surface area contributed by atoms with E-state index in [0.29, 0.717) is 11.8 Å². The van der Waals surface area contributed by atoms with E-state index in [2.05, 4.69) is 12.2 Å². The monoisotopic (exact) mass is 223 g/mol. The summed E-state index contributed by atoms with van der Waals surface area (Å²) in [5.41, 5.74) is 0. The average Bonchev–Trinajstić information content (AvgIpc) is 2.90. The van der Waals surface area contributed by atoms with Gasteiger partial charge < -0.3 is 5.32 Å². The van der Waals surface area contributed by atoms with E-state index in [1.165, 1.54) is 44.9 Å². The predicted molar refractivity (Wildman–Crippen MR) is 66.1 cm³/mol. The van der Waals surface area contributed by atoms with Crippen LogP contribution in [0.5, 0.6) is 0 Å². The summed E-state index contributed by atoms with van der Waals surface area (Å²) in [5.74, 6) is 2.31. The highest BCUT2D eigenvalue weighted by atomic mass is 16.1. The molecule has 2 bridgehead atoms. The quantitative estimate of drug-likeness (QED) is 0.689. The molecule has 1 N–H and O–H groups in total. The maximum atomic E-state index is 12.0. The molecule has 0 aliphatic heterocycles. The van der Waals surface area contributed by atoms with Crippen LogP contribution in [0.2, 0.25) is 0 Å². The van der Waals surface area contributed by atoms with Gasteiger partial charge in [0.15, 0.2) is 0 Å². The van der Waals surface area contributed by atoms with Gasteiger partial charge in [-0.05, 0) is 37.5 Å². The Morgan fingerprint density at radius 1 is 1.19 bits per heavy atom. The van der Waals surface area contributed by atoms with Crippen molar-refractivity contribution in [2.75, 3.05) is 6.54 Å². The van der Waals surface area contributed by atoms with Crippen molar-refractivity contribution in [3.05, 3.63) is 0 Å². The standard InChI is InChI=1S/C14H25NO/c1-2-3-4-5-8-15-14(16)13-10-11-6-7-12(13)9-11/h11-13H,2-10H2,1H3,(H,15,16). The molecule has 0 radical (unpaired) electrons. The largest absolute Gasteiger partial charge is 0.356 e. The van der Waals surface area contributed by atoms with Crippen molar-refractivity contribution < 1.29 is 4.79 Å². The third kappa shape index (κ3) is 2.78. The Bertz CT molecular complexity index is 239. The molecule has 0 heterocycles. The van der Waals surface area contributed by atoms with Gasteiger partial charge in [-0.2, -0.15) is 0 Å². The summed E-state index contributed by atoms with van der Waals surface area (Å²) in [4.78, 5) is 12.0. The molecule has 2 saturated carbocycles. The average molecular weight is 223 g/mol. The molecule has 3 unspecified atom stereocenters. The Hall–Kier alpha value is -0.530. The van der Waals surface area contributed by atoms with E-state index >= 15 is 0 Å². The van der Waals surface area contributed by atoms with E-state index in [9.17, 15) is 4.79 Å². The highest BCUT2D eigenvalue weighted by Crippen LogP contribution is 2.48. The number of carbonyl (C=O) groups is 1. The number of rotatable bonds is 6. The lowest BCUT2D eigenvalue weighted by atomic mass is 9.88. The number of nitrogens with one attached hydrogen (secondary N) is 1. The summed E-state index contributed by atoms with van der Waals surface area (Å²) >= 11 is 0. The van der Waals surface area contributed by atoms with Crippen LogP contribution < -0.4 is 5.32 Å². The Kier molecular flexibility index (Phi) is 4.25. The van der Waals surface area contributed by atoms with Crippen molar-refractivity contribution in [1.82, 2.24) is 5.32 Å². The van der Waals surface area contributed by atoms with Crippen LogP contribution in [0.3, 0.4) is 0 Å². The second-order valence-electron chi connectivity index (χ2n) is 5.63. The van der Waals surface area contributed by atoms with Gasteiger partial charge in [-0.25, -0.2) is 0 Å². The summed E-state index contributed by atoms with van der Waals surface area (Å²) in [6, 6.07) is 0. The molecular formula is C14H25NO. The van der Waals surface area contributed by atoms with Crippen molar-refractivity contribution in [3.8, 4) is 0 Å². The third-order valence-corrected chi connectivity index (χ3v) is 4.40. The summed E-state index contributed by atoms with van der Waals surface area (Å²) < 4.78 is 0. The lowest BCUT2D eigenvalue weighted by molar-refractivity contribution is -0.126. The molecule has 16 heavy (non-hydrogen) atoms. The van der Waals surface area contributed by atoms with Gasteiger partial charge in [0.1, 0.15) is 0 Å². The number of hydrogen-bond acceptors (Lipinski definition) is 1. The molecular weight excluding hydrogens is 198 g/mol. The first-order valence-corrected chi connectivity index (χ1v) is 7.09. The molecule has 2 fully saturated rings. The molecule has 2 aliphatic rings. The van der Waals surface area contributed by atoms with Gasteiger partial charge in [-0.15, -0.1) is 0 Å². The number of unbranched alkanes of at least 4 members (excludes halogenated alkanes) is 3. The fraction of sp³-hybridized carbons (Fsp3) is 0.929. The van der Waals surface area contributed by atoms with Crippen LogP contribution in [0.15, 0.2) is 0 Å². The number of hydrogen-bond donors (Lipinski definition) is 1. The molecule has 0 spiro atoms. The topological polar surface area (TPSA) is 29.1 Å².